The fourth-order valence-corrected chi connectivity index (χ4v) is 4.06. The monoisotopic (exact) mass is 406 g/mol. The van der Waals surface area contributed by atoms with Crippen molar-refractivity contribution in [2.45, 2.75) is 57.9 Å². The van der Waals surface area contributed by atoms with Crippen LogP contribution in [0.3, 0.4) is 0 Å². The molecule has 30 heavy (non-hydrogen) atoms. The lowest BCUT2D eigenvalue weighted by Gasteiger charge is -2.31. The van der Waals surface area contributed by atoms with Crippen molar-refractivity contribution >= 4 is 22.8 Å². The molecule has 156 valence electrons. The van der Waals surface area contributed by atoms with Crippen LogP contribution in [0.15, 0.2) is 23.1 Å². The minimum absolute atomic E-state index is 0.0290. The van der Waals surface area contributed by atoms with Crippen molar-refractivity contribution in [1.82, 2.24) is 24.8 Å². The molecule has 0 unspecified atom stereocenters. The number of carbonyl (C=O) groups excluding carboxylic acids is 1. The summed E-state index contributed by atoms with van der Waals surface area (Å²) in [4.78, 5) is 33.1. The molecular weight excluding hydrogens is 380 g/mol. The van der Waals surface area contributed by atoms with E-state index in [0.29, 0.717) is 47.3 Å². The normalized spacial score (nSPS) is 18.6. The van der Waals surface area contributed by atoms with Gasteiger partial charge < -0.3 is 14.6 Å². The Balaban J connectivity index is 1.37. The minimum Gasteiger partial charge on any atom is -0.445 e. The zero-order valence-corrected chi connectivity index (χ0v) is 17.6. The van der Waals surface area contributed by atoms with Gasteiger partial charge in [-0.15, -0.1) is 0 Å². The lowest BCUT2D eigenvalue weighted by atomic mass is 9.93. The molecule has 2 aliphatic rings. The van der Waals surface area contributed by atoms with Crippen molar-refractivity contribution < 1.29 is 9.21 Å². The van der Waals surface area contributed by atoms with Crippen LogP contribution in [0.4, 0.5) is 5.82 Å². The number of rotatable bonds is 4. The van der Waals surface area contributed by atoms with Crippen LogP contribution in [0.2, 0.25) is 0 Å². The fourth-order valence-electron chi connectivity index (χ4n) is 4.06. The maximum atomic E-state index is 13.3. The van der Waals surface area contributed by atoms with Crippen molar-refractivity contribution in [2.75, 3.05) is 18.4 Å². The summed E-state index contributed by atoms with van der Waals surface area (Å²) in [6.07, 6.45) is 9.12. The first-order valence-electron chi connectivity index (χ1n) is 10.5. The summed E-state index contributed by atoms with van der Waals surface area (Å²) in [5, 5.41) is 4.18. The summed E-state index contributed by atoms with van der Waals surface area (Å²) in [5.41, 5.74) is 2.96. The number of carbonyl (C=O) groups is 1. The van der Waals surface area contributed by atoms with E-state index >= 15 is 0 Å². The average molecular weight is 406 g/mol. The molecule has 8 nitrogen and oxygen atoms in total. The number of nitrogens with zero attached hydrogens (tertiary/aromatic N) is 5. The van der Waals surface area contributed by atoms with Gasteiger partial charge >= 0.3 is 0 Å². The molecule has 0 spiro atoms. The number of hydrogen-bond donors (Lipinski definition) is 1. The van der Waals surface area contributed by atoms with E-state index in [2.05, 4.69) is 32.2 Å². The molecule has 0 atom stereocenters. The molecule has 1 aliphatic heterocycles. The van der Waals surface area contributed by atoms with Crippen LogP contribution >= 0.6 is 0 Å². The number of fused-ring (bicyclic) bond motifs is 1. The Morgan fingerprint density at radius 1 is 1.17 bits per heavy atom. The van der Waals surface area contributed by atoms with Crippen LogP contribution in [0.5, 0.6) is 0 Å². The molecule has 1 N–H and O–H groups in total. The molecule has 3 aromatic heterocycles. The number of piperidine rings is 1. The van der Waals surface area contributed by atoms with E-state index in [0.717, 1.165) is 37.1 Å². The van der Waals surface area contributed by atoms with Crippen molar-refractivity contribution in [3.8, 4) is 0 Å². The van der Waals surface area contributed by atoms with E-state index in [1.54, 1.807) is 6.20 Å². The van der Waals surface area contributed by atoms with E-state index in [-0.39, 0.29) is 11.4 Å². The van der Waals surface area contributed by atoms with Crippen LogP contribution in [0, 0.1) is 13.8 Å². The van der Waals surface area contributed by atoms with Gasteiger partial charge in [-0.3, -0.25) is 14.8 Å². The number of nitrogens with one attached hydrogen (secondary N) is 1. The second kappa shape index (κ2) is 7.04. The summed E-state index contributed by atoms with van der Waals surface area (Å²) in [7, 11) is 0. The molecule has 0 aromatic carbocycles. The molecule has 0 radical (unpaired) electrons. The van der Waals surface area contributed by atoms with E-state index in [4.69, 9.17) is 4.42 Å². The molecule has 8 heteroatoms. The van der Waals surface area contributed by atoms with Gasteiger partial charge in [0.25, 0.3) is 5.91 Å². The third-order valence-corrected chi connectivity index (χ3v) is 6.20. The van der Waals surface area contributed by atoms with Crippen LogP contribution < -0.4 is 5.32 Å². The Bertz CT molecular complexity index is 1090. The van der Waals surface area contributed by atoms with E-state index in [1.807, 2.05) is 24.9 Å². The molecular formula is C22H26N6O2. The SMILES string of the molecule is Cc1cnc(C2CCN(C(=O)c3coc4nc(C)nc(NC5(C)CC5)c34)CC2)cn1. The standard InChI is InChI=1S/C22H26N6O2/c1-13-10-24-17(11-23-13)15-4-8-28(9-5-15)21(29)16-12-30-20-18(16)19(25-14(2)26-20)27-22(3)6-7-22/h10-12,15H,4-9H2,1-3H3,(H,25,26,27). The summed E-state index contributed by atoms with van der Waals surface area (Å²) in [6, 6.07) is 0. The number of aryl methyl sites for hydroxylation is 2. The number of amides is 1. The first-order valence-corrected chi connectivity index (χ1v) is 10.5. The Labute approximate surface area is 175 Å². The van der Waals surface area contributed by atoms with Crippen LogP contribution in [0.25, 0.3) is 11.1 Å². The Kier molecular flexibility index (Phi) is 4.45. The Morgan fingerprint density at radius 2 is 1.93 bits per heavy atom. The average Bonchev–Trinajstić information content (AvgIpc) is 3.30. The minimum atomic E-state index is -0.0290. The number of hydrogen-bond acceptors (Lipinski definition) is 7. The highest BCUT2D eigenvalue weighted by Gasteiger charge is 2.39. The molecule has 1 saturated heterocycles. The largest absolute Gasteiger partial charge is 0.445 e. The van der Waals surface area contributed by atoms with Crippen molar-refractivity contribution in [3.05, 3.63) is 41.4 Å². The van der Waals surface area contributed by atoms with Gasteiger partial charge in [-0.2, -0.15) is 4.98 Å². The predicted octanol–water partition coefficient (Wildman–Crippen LogP) is 3.61. The summed E-state index contributed by atoms with van der Waals surface area (Å²) < 4.78 is 5.66. The number of aromatic nitrogens is 4. The van der Waals surface area contributed by atoms with Gasteiger partial charge in [-0.05, 0) is 46.5 Å². The maximum absolute atomic E-state index is 13.3. The Morgan fingerprint density at radius 3 is 2.60 bits per heavy atom. The first kappa shape index (κ1) is 19.0. The zero-order chi connectivity index (χ0) is 20.9. The van der Waals surface area contributed by atoms with Crippen molar-refractivity contribution in [3.63, 3.8) is 0 Å². The van der Waals surface area contributed by atoms with Crippen LogP contribution in [-0.4, -0.2) is 49.4 Å². The topological polar surface area (TPSA) is 97.0 Å². The van der Waals surface area contributed by atoms with Crippen molar-refractivity contribution in [1.29, 1.82) is 0 Å². The third-order valence-electron chi connectivity index (χ3n) is 6.20. The highest BCUT2D eigenvalue weighted by atomic mass is 16.3. The van der Waals surface area contributed by atoms with Gasteiger partial charge in [0.05, 0.1) is 22.3 Å². The van der Waals surface area contributed by atoms with Crippen LogP contribution in [-0.2, 0) is 0 Å². The molecule has 5 rings (SSSR count). The van der Waals surface area contributed by atoms with Gasteiger partial charge in [0, 0.05) is 36.9 Å². The predicted molar refractivity (Wildman–Crippen MR) is 112 cm³/mol. The molecule has 1 aliphatic carbocycles. The van der Waals surface area contributed by atoms with Gasteiger partial charge in [0.2, 0.25) is 5.71 Å². The highest BCUT2D eigenvalue weighted by molar-refractivity contribution is 6.09. The lowest BCUT2D eigenvalue weighted by Crippen LogP contribution is -2.38. The molecule has 1 amide bonds. The molecule has 0 bridgehead atoms. The van der Waals surface area contributed by atoms with E-state index < -0.39 is 0 Å². The van der Waals surface area contributed by atoms with E-state index in [9.17, 15) is 4.79 Å². The van der Waals surface area contributed by atoms with Gasteiger partial charge in [0.15, 0.2) is 0 Å². The van der Waals surface area contributed by atoms with Crippen molar-refractivity contribution in [2.24, 2.45) is 0 Å². The van der Waals surface area contributed by atoms with Gasteiger partial charge in [-0.1, -0.05) is 0 Å². The lowest BCUT2D eigenvalue weighted by molar-refractivity contribution is 0.0713. The summed E-state index contributed by atoms with van der Waals surface area (Å²) in [5.74, 6) is 1.63. The highest BCUT2D eigenvalue weighted by Crippen LogP contribution is 2.40. The summed E-state index contributed by atoms with van der Waals surface area (Å²) in [6.45, 7) is 7.29. The number of anilines is 1. The second-order valence-electron chi connectivity index (χ2n) is 8.78. The molecule has 1 saturated carbocycles. The number of likely N-dealkylation sites (tertiary alicyclic amines) is 1. The molecule has 3 aromatic rings. The third kappa shape index (κ3) is 3.51. The molecule has 2 fully saturated rings. The second-order valence-corrected chi connectivity index (χ2v) is 8.78. The first-order chi connectivity index (χ1) is 14.4. The zero-order valence-electron chi connectivity index (χ0n) is 17.6. The van der Waals surface area contributed by atoms with Crippen LogP contribution in [0.1, 0.15) is 66.1 Å². The smallest absolute Gasteiger partial charge is 0.257 e. The van der Waals surface area contributed by atoms with E-state index in [1.165, 1.54) is 6.26 Å². The number of furan rings is 1. The Hall–Kier alpha value is -3.03. The quantitative estimate of drug-likeness (QED) is 0.707. The van der Waals surface area contributed by atoms with Gasteiger partial charge in [0.1, 0.15) is 17.9 Å². The molecule has 4 heterocycles. The fraction of sp³-hybridized carbons (Fsp3) is 0.500. The van der Waals surface area contributed by atoms with Gasteiger partial charge in [-0.25, -0.2) is 4.98 Å². The summed E-state index contributed by atoms with van der Waals surface area (Å²) >= 11 is 0. The maximum Gasteiger partial charge on any atom is 0.257 e.